The quantitative estimate of drug-likeness (QED) is 0.663. The van der Waals surface area contributed by atoms with Gasteiger partial charge in [0.15, 0.2) is 0 Å². The van der Waals surface area contributed by atoms with Gasteiger partial charge in [-0.05, 0) is 73.1 Å². The molecule has 1 atom stereocenters. The van der Waals surface area contributed by atoms with Gasteiger partial charge >= 0.3 is 5.97 Å². The number of benzene rings is 1. The first-order valence-corrected chi connectivity index (χ1v) is 11.2. The third-order valence-electron chi connectivity index (χ3n) is 5.92. The number of esters is 1. The highest BCUT2D eigenvalue weighted by atomic mass is 16.5. The maximum absolute atomic E-state index is 13.2. The topological polar surface area (TPSA) is 91.2 Å². The highest BCUT2D eigenvalue weighted by Crippen LogP contribution is 2.36. The Kier molecular flexibility index (Phi) is 6.53. The monoisotopic (exact) mass is 425 g/mol. The van der Waals surface area contributed by atoms with Gasteiger partial charge in [-0.15, -0.1) is 0 Å². The zero-order valence-corrected chi connectivity index (χ0v) is 18.5. The molecule has 1 N–H and O–H groups in total. The fraction of sp³-hybridized carbons (Fsp3) is 0.565. The Balaban J connectivity index is 1.57. The van der Waals surface area contributed by atoms with E-state index < -0.39 is 6.04 Å². The van der Waals surface area contributed by atoms with E-state index in [0.29, 0.717) is 29.7 Å². The molecular formula is C23H31N5O3. The van der Waals surface area contributed by atoms with Crippen LogP contribution in [0.25, 0.3) is 0 Å². The molecular weight excluding hydrogens is 394 g/mol. The van der Waals surface area contributed by atoms with E-state index >= 15 is 0 Å². The van der Waals surface area contributed by atoms with Crippen molar-refractivity contribution in [2.24, 2.45) is 5.92 Å². The average Bonchev–Trinajstić information content (AvgIpc) is 3.22. The number of carbonyl (C=O) groups excluding carboxylic acids is 1. The van der Waals surface area contributed by atoms with Gasteiger partial charge < -0.3 is 14.8 Å². The Morgan fingerprint density at radius 3 is 2.65 bits per heavy atom. The molecule has 0 bridgehead atoms. The molecule has 0 saturated heterocycles. The van der Waals surface area contributed by atoms with Gasteiger partial charge in [-0.1, -0.05) is 37.5 Å². The van der Waals surface area contributed by atoms with E-state index in [2.05, 4.69) is 34.7 Å². The first-order valence-electron chi connectivity index (χ1n) is 11.2. The minimum atomic E-state index is -0.452. The molecule has 31 heavy (non-hydrogen) atoms. The zero-order valence-electron chi connectivity index (χ0n) is 18.5. The van der Waals surface area contributed by atoms with Crippen LogP contribution in [0.15, 0.2) is 35.5 Å². The molecule has 0 spiro atoms. The van der Waals surface area contributed by atoms with Crippen LogP contribution in [0.2, 0.25) is 0 Å². The van der Waals surface area contributed by atoms with Gasteiger partial charge in [0.1, 0.15) is 17.9 Å². The van der Waals surface area contributed by atoms with E-state index in [1.165, 1.54) is 6.42 Å². The number of carbonyl (C=O) groups is 1. The Bertz CT molecular complexity index is 929. The van der Waals surface area contributed by atoms with Gasteiger partial charge in [-0.2, -0.15) is 4.68 Å². The second-order valence-electron chi connectivity index (χ2n) is 8.78. The predicted octanol–water partition coefficient (Wildman–Crippen LogP) is 4.26. The Hall–Kier alpha value is -2.90. The number of allylic oxidation sites excluding steroid dienone is 1. The molecule has 2 aliphatic rings. The maximum Gasteiger partial charge on any atom is 0.338 e. The Morgan fingerprint density at radius 2 is 1.94 bits per heavy atom. The van der Waals surface area contributed by atoms with Crippen LogP contribution in [-0.4, -0.2) is 38.9 Å². The van der Waals surface area contributed by atoms with Crippen LogP contribution in [0.5, 0.6) is 5.75 Å². The number of anilines is 1. The number of aromatic nitrogens is 4. The number of nitrogens with zero attached hydrogens (tertiary/aromatic N) is 4. The predicted molar refractivity (Wildman–Crippen MR) is 117 cm³/mol. The number of hydrogen-bond acceptors (Lipinski definition) is 7. The number of ether oxygens (including phenoxy) is 2. The van der Waals surface area contributed by atoms with Gasteiger partial charge in [0.25, 0.3) is 0 Å². The number of tetrazole rings is 1. The minimum absolute atomic E-state index is 0.0193. The lowest BCUT2D eigenvalue weighted by Crippen LogP contribution is -2.32. The summed E-state index contributed by atoms with van der Waals surface area (Å²) < 4.78 is 13.4. The first kappa shape index (κ1) is 21.3. The standard InChI is InChI=1S/C23H31N5O3/c1-15(2)13-14-30-18-11-9-17(10-12-18)21-20(16(3)24-23-25-26-27-28(21)23)22(29)31-19-7-5-4-6-8-19/h9-12,15,19,21H,4-8,13-14H2,1-3H3,(H,24,25,27). The molecule has 8 nitrogen and oxygen atoms in total. The summed E-state index contributed by atoms with van der Waals surface area (Å²) in [5, 5.41) is 15.1. The molecule has 2 aromatic rings. The fourth-order valence-electron chi connectivity index (χ4n) is 4.14. The maximum atomic E-state index is 13.2. The second-order valence-corrected chi connectivity index (χ2v) is 8.78. The van der Waals surface area contributed by atoms with E-state index in [0.717, 1.165) is 43.4 Å². The summed E-state index contributed by atoms with van der Waals surface area (Å²) in [4.78, 5) is 13.2. The van der Waals surface area contributed by atoms with E-state index in [-0.39, 0.29) is 12.1 Å². The second kappa shape index (κ2) is 9.49. The van der Waals surface area contributed by atoms with Gasteiger partial charge in [0, 0.05) is 5.70 Å². The number of rotatable bonds is 7. The molecule has 0 radical (unpaired) electrons. The van der Waals surface area contributed by atoms with Gasteiger partial charge in [0.05, 0.1) is 12.2 Å². The average molecular weight is 426 g/mol. The normalized spacial score (nSPS) is 19.2. The fourth-order valence-corrected chi connectivity index (χ4v) is 4.14. The molecule has 166 valence electrons. The molecule has 2 heterocycles. The number of fused-ring (bicyclic) bond motifs is 1. The van der Waals surface area contributed by atoms with Crippen LogP contribution in [-0.2, 0) is 9.53 Å². The van der Waals surface area contributed by atoms with Crippen LogP contribution in [0.1, 0.15) is 70.9 Å². The van der Waals surface area contributed by atoms with E-state index in [1.54, 1.807) is 4.68 Å². The van der Waals surface area contributed by atoms with Crippen LogP contribution in [0, 0.1) is 5.92 Å². The third-order valence-corrected chi connectivity index (χ3v) is 5.92. The van der Waals surface area contributed by atoms with Crippen molar-refractivity contribution < 1.29 is 14.3 Å². The molecule has 8 heteroatoms. The smallest absolute Gasteiger partial charge is 0.338 e. The summed E-state index contributed by atoms with van der Waals surface area (Å²) in [6.45, 7) is 6.90. The third kappa shape index (κ3) is 4.89. The van der Waals surface area contributed by atoms with Gasteiger partial charge in [0.2, 0.25) is 5.95 Å². The summed E-state index contributed by atoms with van der Waals surface area (Å²) in [7, 11) is 0. The van der Waals surface area contributed by atoms with Gasteiger partial charge in [-0.25, -0.2) is 4.79 Å². The van der Waals surface area contributed by atoms with Crippen LogP contribution in [0.3, 0.4) is 0 Å². The van der Waals surface area contributed by atoms with Crippen molar-refractivity contribution in [2.45, 2.75) is 71.4 Å². The molecule has 1 aromatic heterocycles. The lowest BCUT2D eigenvalue weighted by Gasteiger charge is -2.29. The lowest BCUT2D eigenvalue weighted by atomic mass is 9.95. The molecule has 1 aromatic carbocycles. The minimum Gasteiger partial charge on any atom is -0.494 e. The van der Waals surface area contributed by atoms with Crippen molar-refractivity contribution in [3.8, 4) is 5.75 Å². The molecule has 0 amide bonds. The lowest BCUT2D eigenvalue weighted by molar-refractivity contribution is -0.146. The van der Waals surface area contributed by atoms with Crippen molar-refractivity contribution in [2.75, 3.05) is 11.9 Å². The van der Waals surface area contributed by atoms with Crippen LogP contribution >= 0.6 is 0 Å². The van der Waals surface area contributed by atoms with Crippen molar-refractivity contribution in [3.05, 3.63) is 41.1 Å². The zero-order chi connectivity index (χ0) is 21.8. The molecule has 1 fully saturated rings. The SMILES string of the molecule is CC1=C(C(=O)OC2CCCCC2)C(c2ccc(OCCC(C)C)cc2)n2nnnc2N1. The van der Waals surface area contributed by atoms with Crippen LogP contribution in [0.4, 0.5) is 5.95 Å². The molecule has 1 saturated carbocycles. The number of nitrogens with one attached hydrogen (secondary N) is 1. The molecule has 1 unspecified atom stereocenters. The summed E-state index contributed by atoms with van der Waals surface area (Å²) in [6, 6.07) is 7.34. The summed E-state index contributed by atoms with van der Waals surface area (Å²) in [5.41, 5.74) is 2.16. The first-order chi connectivity index (χ1) is 15.0. The Labute approximate surface area is 183 Å². The largest absolute Gasteiger partial charge is 0.494 e. The van der Waals surface area contributed by atoms with E-state index in [4.69, 9.17) is 9.47 Å². The molecule has 4 rings (SSSR count). The van der Waals surface area contributed by atoms with Crippen molar-refractivity contribution >= 4 is 11.9 Å². The summed E-state index contributed by atoms with van der Waals surface area (Å²) in [6.07, 6.45) is 6.25. The summed E-state index contributed by atoms with van der Waals surface area (Å²) >= 11 is 0. The number of hydrogen-bond donors (Lipinski definition) is 1. The van der Waals surface area contributed by atoms with Crippen molar-refractivity contribution in [1.82, 2.24) is 20.2 Å². The van der Waals surface area contributed by atoms with Crippen LogP contribution < -0.4 is 10.1 Å². The van der Waals surface area contributed by atoms with E-state index in [1.807, 2.05) is 31.2 Å². The van der Waals surface area contributed by atoms with E-state index in [9.17, 15) is 4.79 Å². The highest BCUT2D eigenvalue weighted by Gasteiger charge is 2.36. The highest BCUT2D eigenvalue weighted by molar-refractivity contribution is 5.92. The Morgan fingerprint density at radius 1 is 1.19 bits per heavy atom. The molecule has 1 aliphatic carbocycles. The van der Waals surface area contributed by atoms with Gasteiger partial charge in [-0.3, -0.25) is 0 Å². The summed E-state index contributed by atoms with van der Waals surface area (Å²) in [5.74, 6) is 1.61. The molecule has 1 aliphatic heterocycles. The van der Waals surface area contributed by atoms with Crippen molar-refractivity contribution in [3.63, 3.8) is 0 Å². The van der Waals surface area contributed by atoms with Crippen molar-refractivity contribution in [1.29, 1.82) is 0 Å².